The molecule has 4 nitrogen and oxygen atoms in total. The summed E-state index contributed by atoms with van der Waals surface area (Å²) in [4.78, 5) is 4.15. The van der Waals surface area contributed by atoms with Crippen molar-refractivity contribution in [3.8, 4) is 22.8 Å². The van der Waals surface area contributed by atoms with Gasteiger partial charge in [0, 0.05) is 11.3 Å². The highest BCUT2D eigenvalue weighted by atomic mass is 35.5. The lowest BCUT2D eigenvalue weighted by molar-refractivity contribution is 0.429. The van der Waals surface area contributed by atoms with Crippen LogP contribution in [0, 0.1) is 5.82 Å². The molecule has 1 aromatic heterocycles. The van der Waals surface area contributed by atoms with Gasteiger partial charge in [0.15, 0.2) is 0 Å². The minimum Gasteiger partial charge on any atom is -0.399 e. The van der Waals surface area contributed by atoms with Gasteiger partial charge in [-0.05, 0) is 36.4 Å². The van der Waals surface area contributed by atoms with E-state index in [-0.39, 0.29) is 17.3 Å². The number of nitrogens with zero attached hydrogens (tertiary/aromatic N) is 2. The van der Waals surface area contributed by atoms with Gasteiger partial charge in [-0.2, -0.15) is 4.98 Å². The Bertz CT molecular complexity index is 820. The van der Waals surface area contributed by atoms with Crippen molar-refractivity contribution >= 4 is 28.9 Å². The lowest BCUT2D eigenvalue weighted by Gasteiger charge is -1.99. The number of hydrogen-bond acceptors (Lipinski definition) is 4. The van der Waals surface area contributed by atoms with Crippen LogP contribution in [0.4, 0.5) is 10.1 Å². The molecule has 0 saturated carbocycles. The molecule has 0 aliphatic rings. The summed E-state index contributed by atoms with van der Waals surface area (Å²) in [5.41, 5.74) is 6.80. The number of nitrogen functional groups attached to an aromatic ring is 1. The van der Waals surface area contributed by atoms with Crippen LogP contribution in [0.2, 0.25) is 10.0 Å². The Labute approximate surface area is 129 Å². The smallest absolute Gasteiger partial charge is 0.261 e. The summed E-state index contributed by atoms with van der Waals surface area (Å²) in [6.45, 7) is 0. The van der Waals surface area contributed by atoms with Gasteiger partial charge in [-0.15, -0.1) is 0 Å². The van der Waals surface area contributed by atoms with Crippen LogP contribution in [-0.2, 0) is 0 Å². The van der Waals surface area contributed by atoms with E-state index < -0.39 is 5.82 Å². The van der Waals surface area contributed by atoms with E-state index >= 15 is 0 Å². The fraction of sp³-hybridized carbons (Fsp3) is 0. The Hall–Kier alpha value is -2.11. The van der Waals surface area contributed by atoms with Crippen LogP contribution in [0.1, 0.15) is 0 Å². The Morgan fingerprint density at radius 2 is 1.86 bits per heavy atom. The monoisotopic (exact) mass is 323 g/mol. The molecule has 2 aromatic carbocycles. The van der Waals surface area contributed by atoms with Crippen molar-refractivity contribution in [2.45, 2.75) is 0 Å². The third-order valence-corrected chi connectivity index (χ3v) is 3.56. The van der Waals surface area contributed by atoms with E-state index in [1.807, 2.05) is 0 Å². The zero-order valence-electron chi connectivity index (χ0n) is 10.5. The molecule has 2 N–H and O–H groups in total. The molecule has 3 aromatic rings. The minimum absolute atomic E-state index is 0.0425. The second kappa shape index (κ2) is 5.35. The third kappa shape index (κ3) is 2.70. The van der Waals surface area contributed by atoms with Crippen LogP contribution < -0.4 is 5.73 Å². The molecule has 0 radical (unpaired) electrons. The Kier molecular flexibility index (Phi) is 3.53. The molecule has 106 valence electrons. The Morgan fingerprint density at radius 1 is 1.05 bits per heavy atom. The van der Waals surface area contributed by atoms with E-state index in [1.54, 1.807) is 18.2 Å². The first-order valence-corrected chi connectivity index (χ1v) is 6.65. The van der Waals surface area contributed by atoms with Crippen molar-refractivity contribution in [3.05, 3.63) is 52.3 Å². The van der Waals surface area contributed by atoms with Gasteiger partial charge in [-0.3, -0.25) is 0 Å². The molecule has 0 bridgehead atoms. The minimum atomic E-state index is -0.492. The zero-order valence-corrected chi connectivity index (χ0v) is 12.0. The van der Waals surface area contributed by atoms with E-state index in [0.29, 0.717) is 21.3 Å². The number of nitrogens with two attached hydrogens (primary N) is 1. The normalized spacial score (nSPS) is 10.8. The van der Waals surface area contributed by atoms with Crippen LogP contribution in [-0.4, -0.2) is 10.1 Å². The standard InChI is InChI=1S/C14H8Cl2FN3O/c15-10-3-1-7(5-11(10)16)13-19-14(21-20-13)9-6-8(18)2-4-12(9)17/h1-6H,18H2. The summed E-state index contributed by atoms with van der Waals surface area (Å²) in [6, 6.07) is 9.05. The maximum Gasteiger partial charge on any atom is 0.261 e. The molecule has 0 fully saturated rings. The van der Waals surface area contributed by atoms with E-state index in [4.69, 9.17) is 33.5 Å². The summed E-state index contributed by atoms with van der Waals surface area (Å²) in [6.07, 6.45) is 0. The topological polar surface area (TPSA) is 64.9 Å². The van der Waals surface area contributed by atoms with Gasteiger partial charge in [-0.1, -0.05) is 28.4 Å². The number of anilines is 1. The predicted molar refractivity (Wildman–Crippen MR) is 79.6 cm³/mol. The summed E-state index contributed by atoms with van der Waals surface area (Å²) in [5.74, 6) is -0.167. The summed E-state index contributed by atoms with van der Waals surface area (Å²) in [5, 5.41) is 4.60. The SMILES string of the molecule is Nc1ccc(F)c(-c2nc(-c3ccc(Cl)c(Cl)c3)no2)c1. The number of halogens is 3. The molecule has 0 amide bonds. The molecular formula is C14H8Cl2FN3O. The summed E-state index contributed by atoms with van der Waals surface area (Å²) < 4.78 is 18.8. The molecule has 0 aliphatic carbocycles. The number of hydrogen-bond donors (Lipinski definition) is 1. The number of aromatic nitrogens is 2. The fourth-order valence-corrected chi connectivity index (χ4v) is 2.09. The number of rotatable bonds is 2. The van der Waals surface area contributed by atoms with Crippen LogP contribution in [0.25, 0.3) is 22.8 Å². The van der Waals surface area contributed by atoms with E-state index in [1.165, 1.54) is 18.2 Å². The maximum absolute atomic E-state index is 13.8. The highest BCUT2D eigenvalue weighted by Crippen LogP contribution is 2.29. The van der Waals surface area contributed by atoms with Crippen LogP contribution in [0.5, 0.6) is 0 Å². The molecule has 7 heteroatoms. The highest BCUT2D eigenvalue weighted by Gasteiger charge is 2.15. The van der Waals surface area contributed by atoms with Gasteiger partial charge >= 0.3 is 0 Å². The molecule has 0 saturated heterocycles. The highest BCUT2D eigenvalue weighted by molar-refractivity contribution is 6.42. The first-order chi connectivity index (χ1) is 10.0. The molecule has 0 atom stereocenters. The van der Waals surface area contributed by atoms with Crippen molar-refractivity contribution in [2.24, 2.45) is 0 Å². The van der Waals surface area contributed by atoms with Crippen LogP contribution in [0.15, 0.2) is 40.9 Å². The number of benzene rings is 2. The lowest BCUT2D eigenvalue weighted by atomic mass is 10.2. The zero-order chi connectivity index (χ0) is 15.0. The maximum atomic E-state index is 13.8. The van der Waals surface area contributed by atoms with E-state index in [9.17, 15) is 4.39 Å². The summed E-state index contributed by atoms with van der Waals surface area (Å²) >= 11 is 11.8. The van der Waals surface area contributed by atoms with Crippen molar-refractivity contribution < 1.29 is 8.91 Å². The first-order valence-electron chi connectivity index (χ1n) is 5.89. The van der Waals surface area contributed by atoms with Gasteiger partial charge in [0.2, 0.25) is 5.82 Å². The molecule has 0 unspecified atom stereocenters. The molecular weight excluding hydrogens is 316 g/mol. The molecule has 21 heavy (non-hydrogen) atoms. The van der Waals surface area contributed by atoms with Gasteiger partial charge in [0.1, 0.15) is 5.82 Å². The van der Waals surface area contributed by atoms with Crippen molar-refractivity contribution in [3.63, 3.8) is 0 Å². The van der Waals surface area contributed by atoms with E-state index in [2.05, 4.69) is 10.1 Å². The Morgan fingerprint density at radius 3 is 2.62 bits per heavy atom. The second-order valence-electron chi connectivity index (χ2n) is 4.29. The van der Waals surface area contributed by atoms with Crippen LogP contribution >= 0.6 is 23.2 Å². The van der Waals surface area contributed by atoms with Gasteiger partial charge in [0.05, 0.1) is 15.6 Å². The Balaban J connectivity index is 2.03. The van der Waals surface area contributed by atoms with E-state index in [0.717, 1.165) is 0 Å². The van der Waals surface area contributed by atoms with Gasteiger partial charge in [0.25, 0.3) is 5.89 Å². The first kappa shape index (κ1) is 13.9. The van der Waals surface area contributed by atoms with Crippen molar-refractivity contribution in [1.29, 1.82) is 0 Å². The lowest BCUT2D eigenvalue weighted by Crippen LogP contribution is -1.89. The molecule has 0 aliphatic heterocycles. The van der Waals surface area contributed by atoms with Crippen molar-refractivity contribution in [1.82, 2.24) is 10.1 Å². The van der Waals surface area contributed by atoms with Crippen molar-refractivity contribution in [2.75, 3.05) is 5.73 Å². The fourth-order valence-electron chi connectivity index (χ4n) is 1.79. The van der Waals surface area contributed by atoms with Gasteiger partial charge < -0.3 is 10.3 Å². The largest absolute Gasteiger partial charge is 0.399 e. The summed E-state index contributed by atoms with van der Waals surface area (Å²) in [7, 11) is 0. The molecule has 0 spiro atoms. The average molecular weight is 324 g/mol. The predicted octanol–water partition coefficient (Wildman–Crippen LogP) is 4.43. The third-order valence-electron chi connectivity index (χ3n) is 2.82. The second-order valence-corrected chi connectivity index (χ2v) is 5.11. The van der Waals surface area contributed by atoms with Gasteiger partial charge in [-0.25, -0.2) is 4.39 Å². The average Bonchev–Trinajstić information content (AvgIpc) is 2.94. The molecule has 1 heterocycles. The quantitative estimate of drug-likeness (QED) is 0.708. The molecule has 3 rings (SSSR count). The van der Waals surface area contributed by atoms with Crippen LogP contribution in [0.3, 0.4) is 0 Å².